The van der Waals surface area contributed by atoms with Crippen LogP contribution in [0.1, 0.15) is 36.8 Å². The Labute approximate surface area is 112 Å². The molecule has 1 atom stereocenters. The smallest absolute Gasteiger partial charge is 0.123 e. The number of benzene rings is 1. The van der Waals surface area contributed by atoms with Crippen LogP contribution in [0.5, 0.6) is 0 Å². The van der Waals surface area contributed by atoms with E-state index in [-0.39, 0.29) is 11.9 Å². The highest BCUT2D eigenvalue weighted by molar-refractivity contribution is 5.29. The number of nitrogens with two attached hydrogens (primary N) is 1. The Hall–Kier alpha value is -1.72. The maximum Gasteiger partial charge on any atom is 0.123 e. The summed E-state index contributed by atoms with van der Waals surface area (Å²) in [5, 5.41) is 4.51. The second kappa shape index (κ2) is 5.95. The van der Waals surface area contributed by atoms with Gasteiger partial charge in [0.25, 0.3) is 0 Å². The van der Waals surface area contributed by atoms with Crippen LogP contribution in [0.2, 0.25) is 0 Å². The normalized spacial score (nSPS) is 12.6. The lowest BCUT2D eigenvalue weighted by atomic mass is 10.0. The highest BCUT2D eigenvalue weighted by atomic mass is 19.1. The van der Waals surface area contributed by atoms with Crippen molar-refractivity contribution >= 4 is 0 Å². The minimum atomic E-state index is -0.252. The second-order valence-corrected chi connectivity index (χ2v) is 4.38. The second-order valence-electron chi connectivity index (χ2n) is 4.38. The molecule has 1 aromatic heterocycles. The Morgan fingerprint density at radius 1 is 1.32 bits per heavy atom. The maximum absolute atomic E-state index is 13.0. The molecule has 0 aliphatic heterocycles. The first-order valence-electron chi connectivity index (χ1n) is 6.47. The number of nitrogens with one attached hydrogen (secondary N) is 1. The molecule has 0 spiro atoms. The predicted octanol–water partition coefficient (Wildman–Crippen LogP) is 2.16. The van der Waals surface area contributed by atoms with E-state index >= 15 is 0 Å². The summed E-state index contributed by atoms with van der Waals surface area (Å²) in [7, 11) is 0. The van der Waals surface area contributed by atoms with Gasteiger partial charge in [0, 0.05) is 6.54 Å². The predicted molar refractivity (Wildman–Crippen MR) is 72.8 cm³/mol. The van der Waals surface area contributed by atoms with Crippen molar-refractivity contribution in [3.05, 3.63) is 53.1 Å². The molecule has 0 aliphatic rings. The van der Waals surface area contributed by atoms with Crippen LogP contribution in [0.3, 0.4) is 0 Å². The summed E-state index contributed by atoms with van der Waals surface area (Å²) in [5.74, 6) is 5.41. The Balaban J connectivity index is 2.41. The van der Waals surface area contributed by atoms with Gasteiger partial charge in [-0.1, -0.05) is 19.1 Å². The van der Waals surface area contributed by atoms with Gasteiger partial charge in [-0.25, -0.2) is 9.82 Å². The first-order valence-corrected chi connectivity index (χ1v) is 6.47. The van der Waals surface area contributed by atoms with Gasteiger partial charge in [0.1, 0.15) is 5.82 Å². The van der Waals surface area contributed by atoms with Crippen molar-refractivity contribution in [3.63, 3.8) is 0 Å². The number of aromatic nitrogens is 2. The highest BCUT2D eigenvalue weighted by Crippen LogP contribution is 2.22. The monoisotopic (exact) mass is 262 g/mol. The van der Waals surface area contributed by atoms with Crippen molar-refractivity contribution in [2.24, 2.45) is 5.84 Å². The molecule has 0 saturated heterocycles. The zero-order valence-corrected chi connectivity index (χ0v) is 11.2. The minimum Gasteiger partial charge on any atom is -0.271 e. The summed E-state index contributed by atoms with van der Waals surface area (Å²) < 4.78 is 14.9. The molecule has 2 aromatic rings. The third-order valence-electron chi connectivity index (χ3n) is 3.19. The molecule has 3 N–H and O–H groups in total. The van der Waals surface area contributed by atoms with Crippen molar-refractivity contribution < 1.29 is 4.39 Å². The summed E-state index contributed by atoms with van der Waals surface area (Å²) in [4.78, 5) is 0. The van der Waals surface area contributed by atoms with Gasteiger partial charge >= 0.3 is 0 Å². The van der Waals surface area contributed by atoms with Crippen LogP contribution in [-0.2, 0) is 13.0 Å². The molecule has 1 heterocycles. The number of hydrogen-bond acceptors (Lipinski definition) is 3. The lowest BCUT2D eigenvalue weighted by molar-refractivity contribution is 0.540. The highest BCUT2D eigenvalue weighted by Gasteiger charge is 2.18. The molecule has 4 nitrogen and oxygen atoms in total. The first kappa shape index (κ1) is 13.7. The molecule has 0 saturated carbocycles. The third kappa shape index (κ3) is 2.83. The Morgan fingerprint density at radius 3 is 2.53 bits per heavy atom. The molecule has 0 aliphatic carbocycles. The van der Waals surface area contributed by atoms with E-state index in [0.717, 1.165) is 29.9 Å². The van der Waals surface area contributed by atoms with E-state index in [9.17, 15) is 4.39 Å². The molecular formula is C14H19FN4. The summed E-state index contributed by atoms with van der Waals surface area (Å²) in [6.45, 7) is 4.87. The average molecular weight is 262 g/mol. The topological polar surface area (TPSA) is 55.9 Å². The zero-order chi connectivity index (χ0) is 13.8. The van der Waals surface area contributed by atoms with Gasteiger partial charge in [0.2, 0.25) is 0 Å². The van der Waals surface area contributed by atoms with Crippen molar-refractivity contribution in [2.75, 3.05) is 0 Å². The van der Waals surface area contributed by atoms with Crippen molar-refractivity contribution in [2.45, 2.75) is 32.9 Å². The van der Waals surface area contributed by atoms with Crippen molar-refractivity contribution in [1.29, 1.82) is 0 Å². The van der Waals surface area contributed by atoms with E-state index in [2.05, 4.69) is 17.4 Å². The first-order chi connectivity index (χ1) is 9.19. The SMILES string of the molecule is CCc1cc(C(NN)c2ccc(F)cc2)n(CC)n1. The number of aryl methyl sites for hydroxylation is 2. The number of halogens is 1. The lowest BCUT2D eigenvalue weighted by Gasteiger charge is -2.17. The zero-order valence-electron chi connectivity index (χ0n) is 11.2. The summed E-state index contributed by atoms with van der Waals surface area (Å²) in [6, 6.07) is 8.20. The summed E-state index contributed by atoms with van der Waals surface area (Å²) in [6.07, 6.45) is 0.876. The van der Waals surface area contributed by atoms with E-state index < -0.39 is 0 Å². The van der Waals surface area contributed by atoms with Crippen LogP contribution >= 0.6 is 0 Å². The number of hydrazine groups is 1. The van der Waals surface area contributed by atoms with Crippen molar-refractivity contribution in [3.8, 4) is 0 Å². The van der Waals surface area contributed by atoms with Gasteiger partial charge in [0.15, 0.2) is 0 Å². The van der Waals surface area contributed by atoms with E-state index in [4.69, 9.17) is 5.84 Å². The molecular weight excluding hydrogens is 243 g/mol. The van der Waals surface area contributed by atoms with E-state index in [1.165, 1.54) is 12.1 Å². The number of nitrogens with zero attached hydrogens (tertiary/aromatic N) is 2. The fraction of sp³-hybridized carbons (Fsp3) is 0.357. The molecule has 1 aromatic carbocycles. The Kier molecular flexibility index (Phi) is 4.29. The van der Waals surface area contributed by atoms with E-state index in [1.807, 2.05) is 17.7 Å². The van der Waals surface area contributed by atoms with Gasteiger partial charge in [-0.15, -0.1) is 0 Å². The quantitative estimate of drug-likeness (QED) is 0.641. The third-order valence-corrected chi connectivity index (χ3v) is 3.19. The van der Waals surface area contributed by atoms with Gasteiger partial charge in [-0.05, 0) is 37.1 Å². The van der Waals surface area contributed by atoms with Crippen LogP contribution in [0, 0.1) is 5.82 Å². The molecule has 5 heteroatoms. The molecule has 1 unspecified atom stereocenters. The average Bonchev–Trinajstić information content (AvgIpc) is 2.85. The minimum absolute atomic E-state index is 0.187. The van der Waals surface area contributed by atoms with Crippen LogP contribution in [0.15, 0.2) is 30.3 Å². The fourth-order valence-corrected chi connectivity index (χ4v) is 2.15. The van der Waals surface area contributed by atoms with E-state index in [0.29, 0.717) is 0 Å². The maximum atomic E-state index is 13.0. The Bertz CT molecular complexity index is 533. The number of hydrogen-bond donors (Lipinski definition) is 2. The van der Waals surface area contributed by atoms with Gasteiger partial charge < -0.3 is 0 Å². The molecule has 0 fully saturated rings. The van der Waals surface area contributed by atoms with Crippen molar-refractivity contribution in [1.82, 2.24) is 15.2 Å². The van der Waals surface area contributed by atoms with Crippen LogP contribution in [0.25, 0.3) is 0 Å². The summed E-state index contributed by atoms with van der Waals surface area (Å²) in [5.41, 5.74) is 5.72. The van der Waals surface area contributed by atoms with Crippen LogP contribution in [-0.4, -0.2) is 9.78 Å². The van der Waals surface area contributed by atoms with Gasteiger partial charge in [-0.2, -0.15) is 5.10 Å². The van der Waals surface area contributed by atoms with Gasteiger partial charge in [-0.3, -0.25) is 10.5 Å². The van der Waals surface area contributed by atoms with Crippen LogP contribution in [0.4, 0.5) is 4.39 Å². The van der Waals surface area contributed by atoms with Gasteiger partial charge in [0.05, 0.1) is 17.4 Å². The molecule has 0 amide bonds. The number of rotatable bonds is 5. The summed E-state index contributed by atoms with van der Waals surface area (Å²) >= 11 is 0. The molecule has 0 radical (unpaired) electrons. The van der Waals surface area contributed by atoms with E-state index in [1.54, 1.807) is 12.1 Å². The largest absolute Gasteiger partial charge is 0.271 e. The molecule has 19 heavy (non-hydrogen) atoms. The lowest BCUT2D eigenvalue weighted by Crippen LogP contribution is -2.30. The Morgan fingerprint density at radius 2 is 2.00 bits per heavy atom. The fourth-order valence-electron chi connectivity index (χ4n) is 2.15. The molecule has 102 valence electrons. The molecule has 0 bridgehead atoms. The molecule has 2 rings (SSSR count). The van der Waals surface area contributed by atoms with Crippen LogP contribution < -0.4 is 11.3 Å². The standard InChI is InChI=1S/C14H19FN4/c1-3-12-9-13(19(4-2)18-12)14(17-16)10-5-7-11(15)8-6-10/h5-9,14,17H,3-4,16H2,1-2H3.